The second-order valence-electron chi connectivity index (χ2n) is 5.46. The Labute approximate surface area is 110 Å². The number of nitrogens with one attached hydrogen (secondary N) is 1. The van der Waals surface area contributed by atoms with E-state index < -0.39 is 0 Å². The zero-order chi connectivity index (χ0) is 12.8. The SMILES string of the molecule is CC(CCCO)NCC1CCCc2ccccc21. The molecule has 0 aromatic heterocycles. The topological polar surface area (TPSA) is 32.3 Å². The third-order valence-electron chi connectivity index (χ3n) is 4.00. The molecule has 0 fully saturated rings. The van der Waals surface area contributed by atoms with Gasteiger partial charge in [0.2, 0.25) is 0 Å². The number of fused-ring (bicyclic) bond motifs is 1. The zero-order valence-corrected chi connectivity index (χ0v) is 11.4. The van der Waals surface area contributed by atoms with E-state index in [4.69, 9.17) is 5.11 Å². The maximum Gasteiger partial charge on any atom is 0.0431 e. The summed E-state index contributed by atoms with van der Waals surface area (Å²) in [6.45, 7) is 3.59. The van der Waals surface area contributed by atoms with Crippen LogP contribution in [0, 0.1) is 0 Å². The third-order valence-corrected chi connectivity index (χ3v) is 4.00. The van der Waals surface area contributed by atoms with Crippen molar-refractivity contribution < 1.29 is 5.11 Å². The van der Waals surface area contributed by atoms with Gasteiger partial charge in [-0.1, -0.05) is 24.3 Å². The molecule has 1 aliphatic rings. The number of aliphatic hydroxyl groups is 1. The lowest BCUT2D eigenvalue weighted by Gasteiger charge is -2.27. The molecule has 18 heavy (non-hydrogen) atoms. The molecule has 0 bridgehead atoms. The largest absolute Gasteiger partial charge is 0.396 e. The van der Waals surface area contributed by atoms with Gasteiger partial charge in [-0.25, -0.2) is 0 Å². The molecule has 0 spiro atoms. The number of hydrogen-bond acceptors (Lipinski definition) is 2. The quantitative estimate of drug-likeness (QED) is 0.810. The van der Waals surface area contributed by atoms with Crippen LogP contribution in [-0.2, 0) is 6.42 Å². The molecule has 1 aliphatic carbocycles. The molecular weight excluding hydrogens is 222 g/mol. The van der Waals surface area contributed by atoms with Crippen molar-refractivity contribution in [2.75, 3.05) is 13.2 Å². The Bertz CT molecular complexity index is 364. The van der Waals surface area contributed by atoms with Gasteiger partial charge in [0.1, 0.15) is 0 Å². The molecule has 1 aromatic rings. The highest BCUT2D eigenvalue weighted by Gasteiger charge is 2.19. The fourth-order valence-electron chi connectivity index (χ4n) is 2.91. The van der Waals surface area contributed by atoms with Gasteiger partial charge in [0.25, 0.3) is 0 Å². The predicted octanol–water partition coefficient (Wildman–Crippen LogP) is 2.86. The van der Waals surface area contributed by atoms with Crippen LogP contribution in [0.25, 0.3) is 0 Å². The molecule has 100 valence electrons. The number of rotatable bonds is 6. The highest BCUT2D eigenvalue weighted by Crippen LogP contribution is 2.30. The van der Waals surface area contributed by atoms with E-state index in [0.29, 0.717) is 18.6 Å². The Morgan fingerprint density at radius 2 is 2.22 bits per heavy atom. The van der Waals surface area contributed by atoms with E-state index in [2.05, 4.69) is 36.5 Å². The molecular formula is C16H25NO. The van der Waals surface area contributed by atoms with Gasteiger partial charge < -0.3 is 10.4 Å². The summed E-state index contributed by atoms with van der Waals surface area (Å²) in [5.41, 5.74) is 3.09. The van der Waals surface area contributed by atoms with E-state index in [0.717, 1.165) is 19.4 Å². The van der Waals surface area contributed by atoms with E-state index in [1.807, 2.05) is 0 Å². The molecule has 0 saturated carbocycles. The van der Waals surface area contributed by atoms with Crippen LogP contribution in [0.5, 0.6) is 0 Å². The summed E-state index contributed by atoms with van der Waals surface area (Å²) in [5, 5.41) is 12.5. The summed E-state index contributed by atoms with van der Waals surface area (Å²) in [4.78, 5) is 0. The number of hydrogen-bond donors (Lipinski definition) is 2. The van der Waals surface area contributed by atoms with Crippen molar-refractivity contribution in [2.24, 2.45) is 0 Å². The first-order valence-electron chi connectivity index (χ1n) is 7.23. The summed E-state index contributed by atoms with van der Waals surface area (Å²) in [6.07, 6.45) is 5.82. The van der Waals surface area contributed by atoms with Gasteiger partial charge in [-0.15, -0.1) is 0 Å². The van der Waals surface area contributed by atoms with Crippen molar-refractivity contribution in [1.82, 2.24) is 5.32 Å². The first-order chi connectivity index (χ1) is 8.81. The molecule has 2 N–H and O–H groups in total. The molecule has 0 amide bonds. The van der Waals surface area contributed by atoms with Crippen LogP contribution in [0.1, 0.15) is 49.7 Å². The van der Waals surface area contributed by atoms with E-state index in [9.17, 15) is 0 Å². The minimum Gasteiger partial charge on any atom is -0.396 e. The van der Waals surface area contributed by atoms with Crippen molar-refractivity contribution in [1.29, 1.82) is 0 Å². The van der Waals surface area contributed by atoms with Crippen LogP contribution in [0.4, 0.5) is 0 Å². The molecule has 2 nitrogen and oxygen atoms in total. The Morgan fingerprint density at radius 1 is 1.39 bits per heavy atom. The van der Waals surface area contributed by atoms with Crippen molar-refractivity contribution in [3.63, 3.8) is 0 Å². The van der Waals surface area contributed by atoms with Crippen LogP contribution in [0.3, 0.4) is 0 Å². The molecule has 0 heterocycles. The monoisotopic (exact) mass is 247 g/mol. The summed E-state index contributed by atoms with van der Waals surface area (Å²) in [7, 11) is 0. The molecule has 0 aliphatic heterocycles. The Kier molecular flexibility index (Phi) is 5.21. The zero-order valence-electron chi connectivity index (χ0n) is 11.4. The summed E-state index contributed by atoms with van der Waals surface area (Å²) in [5.74, 6) is 0.673. The van der Waals surface area contributed by atoms with Gasteiger partial charge in [-0.3, -0.25) is 0 Å². The lowest BCUT2D eigenvalue weighted by molar-refractivity contribution is 0.276. The molecule has 2 atom stereocenters. The highest BCUT2D eigenvalue weighted by atomic mass is 16.2. The van der Waals surface area contributed by atoms with Crippen molar-refractivity contribution in [3.8, 4) is 0 Å². The van der Waals surface area contributed by atoms with Gasteiger partial charge in [0, 0.05) is 19.2 Å². The second kappa shape index (κ2) is 6.91. The molecule has 1 aromatic carbocycles. The molecule has 2 unspecified atom stereocenters. The first kappa shape index (κ1) is 13.6. The number of aliphatic hydroxyl groups excluding tert-OH is 1. The Morgan fingerprint density at radius 3 is 3.06 bits per heavy atom. The van der Waals surface area contributed by atoms with Gasteiger partial charge in [0.05, 0.1) is 0 Å². The first-order valence-corrected chi connectivity index (χ1v) is 7.23. The average molecular weight is 247 g/mol. The maximum absolute atomic E-state index is 8.83. The van der Waals surface area contributed by atoms with Gasteiger partial charge in [-0.2, -0.15) is 0 Å². The fourth-order valence-corrected chi connectivity index (χ4v) is 2.91. The second-order valence-corrected chi connectivity index (χ2v) is 5.46. The summed E-state index contributed by atoms with van der Waals surface area (Å²) < 4.78 is 0. The highest BCUT2D eigenvalue weighted by molar-refractivity contribution is 5.32. The minimum atomic E-state index is 0.304. The van der Waals surface area contributed by atoms with Gasteiger partial charge >= 0.3 is 0 Å². The smallest absolute Gasteiger partial charge is 0.0431 e. The van der Waals surface area contributed by atoms with Crippen LogP contribution in [-0.4, -0.2) is 24.3 Å². The Hall–Kier alpha value is -0.860. The fraction of sp³-hybridized carbons (Fsp3) is 0.625. The van der Waals surface area contributed by atoms with Crippen LogP contribution in [0.15, 0.2) is 24.3 Å². The van der Waals surface area contributed by atoms with E-state index in [1.165, 1.54) is 19.3 Å². The Balaban J connectivity index is 1.87. The molecule has 2 rings (SSSR count). The number of benzene rings is 1. The standard InChI is InChI=1S/C16H25NO/c1-13(6-5-11-18)17-12-15-9-4-8-14-7-2-3-10-16(14)15/h2-3,7,10,13,15,17-18H,4-6,8-9,11-12H2,1H3. The van der Waals surface area contributed by atoms with Crippen molar-refractivity contribution >= 4 is 0 Å². The number of aryl methyl sites for hydroxylation is 1. The third kappa shape index (κ3) is 3.56. The average Bonchev–Trinajstić information content (AvgIpc) is 2.42. The van der Waals surface area contributed by atoms with E-state index in [-0.39, 0.29) is 0 Å². The molecule has 0 radical (unpaired) electrons. The van der Waals surface area contributed by atoms with Crippen molar-refractivity contribution in [3.05, 3.63) is 35.4 Å². The van der Waals surface area contributed by atoms with E-state index >= 15 is 0 Å². The normalized spacial score (nSPS) is 20.4. The molecule has 0 saturated heterocycles. The van der Waals surface area contributed by atoms with E-state index in [1.54, 1.807) is 11.1 Å². The van der Waals surface area contributed by atoms with Crippen LogP contribution in [0.2, 0.25) is 0 Å². The van der Waals surface area contributed by atoms with Gasteiger partial charge in [0.15, 0.2) is 0 Å². The summed E-state index contributed by atoms with van der Waals surface area (Å²) in [6, 6.07) is 9.38. The lowest BCUT2D eigenvalue weighted by Crippen LogP contribution is -2.31. The van der Waals surface area contributed by atoms with Gasteiger partial charge in [-0.05, 0) is 56.1 Å². The minimum absolute atomic E-state index is 0.304. The summed E-state index contributed by atoms with van der Waals surface area (Å²) >= 11 is 0. The van der Waals surface area contributed by atoms with Crippen LogP contribution >= 0.6 is 0 Å². The predicted molar refractivity (Wildman–Crippen MR) is 75.9 cm³/mol. The van der Waals surface area contributed by atoms with Crippen molar-refractivity contribution in [2.45, 2.75) is 51.0 Å². The van der Waals surface area contributed by atoms with Crippen LogP contribution < -0.4 is 5.32 Å². The lowest BCUT2D eigenvalue weighted by atomic mass is 9.83. The molecule has 2 heteroatoms. The maximum atomic E-state index is 8.83.